The Morgan fingerprint density at radius 1 is 1.47 bits per heavy atom. The van der Waals surface area contributed by atoms with Crippen molar-refractivity contribution in [3.8, 4) is 0 Å². The molecule has 0 unspecified atom stereocenters. The van der Waals surface area contributed by atoms with Gasteiger partial charge in [-0.15, -0.1) is 0 Å². The Balaban J connectivity index is 2.54. The van der Waals surface area contributed by atoms with Gasteiger partial charge in [-0.2, -0.15) is 0 Å². The van der Waals surface area contributed by atoms with Crippen LogP contribution in [0.5, 0.6) is 0 Å². The molecular weight excluding hydrogens is 184 g/mol. The first-order chi connectivity index (χ1) is 7.20. The van der Waals surface area contributed by atoms with Crippen LogP contribution >= 0.6 is 0 Å². The molecule has 0 aliphatic rings. The number of nitrogens with zero attached hydrogens (tertiary/aromatic N) is 2. The van der Waals surface area contributed by atoms with E-state index in [2.05, 4.69) is 42.1 Å². The molecule has 0 aliphatic heterocycles. The largest absolute Gasteiger partial charge is 0.307 e. The van der Waals surface area contributed by atoms with E-state index in [4.69, 9.17) is 0 Å². The van der Waals surface area contributed by atoms with Crippen LogP contribution in [-0.2, 0) is 12.8 Å². The highest BCUT2D eigenvalue weighted by Crippen LogP contribution is 2.16. The molecule has 78 valence electrons. The molecule has 2 heteroatoms. The minimum atomic E-state index is 0.956. The SMILES string of the molecule is C=C(C)Cc1cn2ccnc2cc1CC. The molecule has 2 rings (SSSR count). The molecule has 0 radical (unpaired) electrons. The van der Waals surface area contributed by atoms with Gasteiger partial charge in [-0.05, 0) is 37.0 Å². The van der Waals surface area contributed by atoms with E-state index in [1.54, 1.807) is 0 Å². The van der Waals surface area contributed by atoms with Crippen molar-refractivity contribution in [2.45, 2.75) is 26.7 Å². The van der Waals surface area contributed by atoms with Crippen molar-refractivity contribution in [3.05, 3.63) is 47.9 Å². The smallest absolute Gasteiger partial charge is 0.136 e. The molecule has 0 fully saturated rings. The zero-order valence-electron chi connectivity index (χ0n) is 9.33. The van der Waals surface area contributed by atoms with Gasteiger partial charge in [0, 0.05) is 18.6 Å². The topological polar surface area (TPSA) is 17.3 Å². The van der Waals surface area contributed by atoms with Gasteiger partial charge in [0.25, 0.3) is 0 Å². The lowest BCUT2D eigenvalue weighted by atomic mass is 10.0. The molecule has 2 aromatic rings. The number of imidazole rings is 1. The maximum absolute atomic E-state index is 4.29. The highest BCUT2D eigenvalue weighted by Gasteiger charge is 2.04. The van der Waals surface area contributed by atoms with Gasteiger partial charge in [-0.3, -0.25) is 0 Å². The molecule has 0 spiro atoms. The predicted molar refractivity (Wildman–Crippen MR) is 63.1 cm³/mol. The lowest BCUT2D eigenvalue weighted by molar-refractivity contribution is 1.01. The van der Waals surface area contributed by atoms with Crippen LogP contribution in [0.3, 0.4) is 0 Å². The number of hydrogen-bond acceptors (Lipinski definition) is 1. The Bertz CT molecular complexity index is 494. The van der Waals surface area contributed by atoms with Crippen molar-refractivity contribution in [2.75, 3.05) is 0 Å². The van der Waals surface area contributed by atoms with Gasteiger partial charge in [0.2, 0.25) is 0 Å². The minimum Gasteiger partial charge on any atom is -0.307 e. The first-order valence-corrected chi connectivity index (χ1v) is 5.29. The Labute approximate surface area is 90.3 Å². The number of allylic oxidation sites excluding steroid dienone is 1. The molecule has 0 aromatic carbocycles. The van der Waals surface area contributed by atoms with E-state index in [1.807, 2.05) is 12.4 Å². The monoisotopic (exact) mass is 200 g/mol. The summed E-state index contributed by atoms with van der Waals surface area (Å²) < 4.78 is 2.07. The third-order valence-corrected chi connectivity index (χ3v) is 2.58. The lowest BCUT2D eigenvalue weighted by Gasteiger charge is -2.08. The van der Waals surface area contributed by atoms with E-state index in [0.29, 0.717) is 0 Å². The van der Waals surface area contributed by atoms with Gasteiger partial charge in [0.15, 0.2) is 0 Å². The fraction of sp³-hybridized carbons (Fsp3) is 0.308. The van der Waals surface area contributed by atoms with Gasteiger partial charge in [0.05, 0.1) is 0 Å². The molecule has 0 aliphatic carbocycles. The van der Waals surface area contributed by atoms with E-state index >= 15 is 0 Å². The summed E-state index contributed by atoms with van der Waals surface area (Å²) in [5.74, 6) is 0. The standard InChI is InChI=1S/C13H16N2/c1-4-11-8-13-14-5-6-15(13)9-12(11)7-10(2)3/h5-6,8-9H,2,4,7H2,1,3H3. The molecule has 2 nitrogen and oxygen atoms in total. The van der Waals surface area contributed by atoms with E-state index < -0.39 is 0 Å². The fourth-order valence-corrected chi connectivity index (χ4v) is 1.86. The zero-order chi connectivity index (χ0) is 10.8. The average Bonchev–Trinajstić information content (AvgIpc) is 2.62. The predicted octanol–water partition coefficient (Wildman–Crippen LogP) is 3.02. The average molecular weight is 200 g/mol. The Kier molecular flexibility index (Phi) is 2.58. The Morgan fingerprint density at radius 2 is 2.27 bits per heavy atom. The van der Waals surface area contributed by atoms with Crippen molar-refractivity contribution in [1.82, 2.24) is 9.38 Å². The summed E-state index contributed by atoms with van der Waals surface area (Å²) in [7, 11) is 0. The van der Waals surface area contributed by atoms with E-state index in [1.165, 1.54) is 16.7 Å². The first kappa shape index (κ1) is 9.97. The molecule has 15 heavy (non-hydrogen) atoms. The van der Waals surface area contributed by atoms with Crippen LogP contribution in [0.15, 0.2) is 36.8 Å². The maximum Gasteiger partial charge on any atom is 0.136 e. The Hall–Kier alpha value is -1.57. The summed E-state index contributed by atoms with van der Waals surface area (Å²) in [6, 6.07) is 2.16. The molecule has 0 N–H and O–H groups in total. The van der Waals surface area contributed by atoms with Crippen LogP contribution in [0.1, 0.15) is 25.0 Å². The van der Waals surface area contributed by atoms with E-state index in [9.17, 15) is 0 Å². The van der Waals surface area contributed by atoms with E-state index in [0.717, 1.165) is 18.5 Å². The molecule has 0 atom stereocenters. The van der Waals surface area contributed by atoms with Crippen LogP contribution < -0.4 is 0 Å². The van der Waals surface area contributed by atoms with E-state index in [-0.39, 0.29) is 0 Å². The normalized spacial score (nSPS) is 10.8. The summed E-state index contributed by atoms with van der Waals surface area (Å²) in [4.78, 5) is 4.29. The second-order valence-electron chi connectivity index (χ2n) is 4.00. The summed E-state index contributed by atoms with van der Waals surface area (Å²) in [6.07, 6.45) is 7.98. The quantitative estimate of drug-likeness (QED) is 0.696. The number of rotatable bonds is 3. The molecule has 0 saturated heterocycles. The third-order valence-electron chi connectivity index (χ3n) is 2.58. The minimum absolute atomic E-state index is 0.956. The Morgan fingerprint density at radius 3 is 2.93 bits per heavy atom. The van der Waals surface area contributed by atoms with Crippen molar-refractivity contribution < 1.29 is 0 Å². The number of hydrogen-bond donors (Lipinski definition) is 0. The van der Waals surface area contributed by atoms with Gasteiger partial charge < -0.3 is 4.40 Å². The highest BCUT2D eigenvalue weighted by atomic mass is 15.0. The molecule has 0 bridgehead atoms. The van der Waals surface area contributed by atoms with Crippen LogP contribution in [0, 0.1) is 0 Å². The molecule has 2 aromatic heterocycles. The number of pyridine rings is 1. The number of aryl methyl sites for hydroxylation is 1. The summed E-state index contributed by atoms with van der Waals surface area (Å²) >= 11 is 0. The van der Waals surface area contributed by atoms with Crippen LogP contribution in [0.4, 0.5) is 0 Å². The molecule has 2 heterocycles. The molecule has 0 amide bonds. The van der Waals surface area contributed by atoms with Gasteiger partial charge in [-0.1, -0.05) is 19.1 Å². The van der Waals surface area contributed by atoms with Crippen LogP contribution in [0.25, 0.3) is 5.65 Å². The number of fused-ring (bicyclic) bond motifs is 1. The second kappa shape index (κ2) is 3.89. The first-order valence-electron chi connectivity index (χ1n) is 5.29. The second-order valence-corrected chi connectivity index (χ2v) is 4.00. The number of aromatic nitrogens is 2. The van der Waals surface area contributed by atoms with Gasteiger partial charge in [0.1, 0.15) is 5.65 Å². The third kappa shape index (κ3) is 1.94. The molecular formula is C13H16N2. The molecule has 0 saturated carbocycles. The summed E-state index contributed by atoms with van der Waals surface area (Å²) in [6.45, 7) is 8.21. The van der Waals surface area contributed by atoms with Crippen LogP contribution in [-0.4, -0.2) is 9.38 Å². The highest BCUT2D eigenvalue weighted by molar-refractivity contribution is 5.45. The van der Waals surface area contributed by atoms with Crippen molar-refractivity contribution in [2.24, 2.45) is 0 Å². The van der Waals surface area contributed by atoms with Gasteiger partial charge >= 0.3 is 0 Å². The summed E-state index contributed by atoms with van der Waals surface area (Å²) in [5, 5.41) is 0. The zero-order valence-corrected chi connectivity index (χ0v) is 9.33. The van der Waals surface area contributed by atoms with Crippen molar-refractivity contribution in [3.63, 3.8) is 0 Å². The maximum atomic E-state index is 4.29. The van der Waals surface area contributed by atoms with Gasteiger partial charge in [-0.25, -0.2) is 4.98 Å². The lowest BCUT2D eigenvalue weighted by Crippen LogP contribution is -1.97. The van der Waals surface area contributed by atoms with Crippen molar-refractivity contribution in [1.29, 1.82) is 0 Å². The fourth-order valence-electron chi connectivity index (χ4n) is 1.86. The van der Waals surface area contributed by atoms with Crippen LogP contribution in [0.2, 0.25) is 0 Å². The van der Waals surface area contributed by atoms with Crippen molar-refractivity contribution >= 4 is 5.65 Å². The summed E-state index contributed by atoms with van der Waals surface area (Å²) in [5.41, 5.74) is 4.95.